The highest BCUT2D eigenvalue weighted by atomic mass is 35.5. The van der Waals surface area contributed by atoms with Gasteiger partial charge in [-0.05, 0) is 38.1 Å². The molecule has 1 saturated heterocycles. The Balaban J connectivity index is 1.81. The van der Waals surface area contributed by atoms with Crippen molar-refractivity contribution in [1.82, 2.24) is 9.88 Å². The van der Waals surface area contributed by atoms with E-state index in [0.717, 1.165) is 24.0 Å². The largest absolute Gasteiger partial charge is 0.385 e. The number of para-hydroxylation sites is 1. The molecule has 1 aliphatic rings. The molecule has 0 amide bonds. The van der Waals surface area contributed by atoms with Crippen LogP contribution in [0.25, 0.3) is 10.9 Å². The minimum atomic E-state index is -0.574. The SMILES string of the molecule is OC(CN1CCCCC1)c1cc(Cl)c2ccccc2n1. The molecule has 2 aromatic rings. The lowest BCUT2D eigenvalue weighted by atomic mass is 10.1. The smallest absolute Gasteiger partial charge is 0.109 e. The molecule has 3 rings (SSSR count). The maximum Gasteiger partial charge on any atom is 0.109 e. The number of pyridine rings is 1. The molecule has 0 radical (unpaired) electrons. The van der Waals surface area contributed by atoms with E-state index in [1.165, 1.54) is 19.3 Å². The van der Waals surface area contributed by atoms with Gasteiger partial charge in [0.15, 0.2) is 0 Å². The fourth-order valence-corrected chi connectivity index (χ4v) is 3.07. The summed E-state index contributed by atoms with van der Waals surface area (Å²) in [7, 11) is 0. The van der Waals surface area contributed by atoms with Gasteiger partial charge in [0.2, 0.25) is 0 Å². The molecular formula is C16H19ClN2O. The van der Waals surface area contributed by atoms with Crippen molar-refractivity contribution in [2.24, 2.45) is 0 Å². The fraction of sp³-hybridized carbons (Fsp3) is 0.438. The number of hydrogen-bond donors (Lipinski definition) is 1. The normalized spacial score (nSPS) is 18.3. The summed E-state index contributed by atoms with van der Waals surface area (Å²) in [5, 5.41) is 12.0. The third kappa shape index (κ3) is 2.95. The van der Waals surface area contributed by atoms with Crippen molar-refractivity contribution in [1.29, 1.82) is 0 Å². The number of benzene rings is 1. The van der Waals surface area contributed by atoms with Gasteiger partial charge in [0.25, 0.3) is 0 Å². The highest BCUT2D eigenvalue weighted by Gasteiger charge is 2.18. The Hall–Kier alpha value is -1.16. The number of halogens is 1. The lowest BCUT2D eigenvalue weighted by Crippen LogP contribution is -2.33. The maximum atomic E-state index is 10.4. The molecule has 20 heavy (non-hydrogen) atoms. The van der Waals surface area contributed by atoms with Gasteiger partial charge in [-0.15, -0.1) is 0 Å². The molecule has 1 fully saturated rings. The quantitative estimate of drug-likeness (QED) is 0.941. The Bertz CT molecular complexity index is 596. The number of fused-ring (bicyclic) bond motifs is 1. The summed E-state index contributed by atoms with van der Waals surface area (Å²) >= 11 is 6.28. The van der Waals surface area contributed by atoms with Crippen LogP contribution >= 0.6 is 11.6 Å². The molecule has 1 atom stereocenters. The summed E-state index contributed by atoms with van der Waals surface area (Å²) < 4.78 is 0. The van der Waals surface area contributed by atoms with Crippen molar-refractivity contribution >= 4 is 22.5 Å². The average Bonchev–Trinajstić information content (AvgIpc) is 2.48. The van der Waals surface area contributed by atoms with Crippen molar-refractivity contribution in [3.8, 4) is 0 Å². The third-order valence-electron chi connectivity index (χ3n) is 3.91. The second kappa shape index (κ2) is 6.08. The number of aliphatic hydroxyl groups excluding tert-OH is 1. The Morgan fingerprint density at radius 1 is 1.20 bits per heavy atom. The van der Waals surface area contributed by atoms with Crippen molar-refractivity contribution in [2.45, 2.75) is 25.4 Å². The Kier molecular flexibility index (Phi) is 4.20. The number of rotatable bonds is 3. The van der Waals surface area contributed by atoms with Gasteiger partial charge in [-0.3, -0.25) is 0 Å². The number of nitrogens with zero attached hydrogens (tertiary/aromatic N) is 2. The third-order valence-corrected chi connectivity index (χ3v) is 4.22. The van der Waals surface area contributed by atoms with Gasteiger partial charge in [0.05, 0.1) is 16.2 Å². The summed E-state index contributed by atoms with van der Waals surface area (Å²) in [6.45, 7) is 2.78. The maximum absolute atomic E-state index is 10.4. The summed E-state index contributed by atoms with van der Waals surface area (Å²) in [6, 6.07) is 9.55. The van der Waals surface area contributed by atoms with Crippen LogP contribution in [0.4, 0.5) is 0 Å². The molecule has 1 N–H and O–H groups in total. The second-order valence-corrected chi connectivity index (χ2v) is 5.83. The van der Waals surface area contributed by atoms with Gasteiger partial charge in [-0.1, -0.05) is 36.2 Å². The number of piperidine rings is 1. The predicted molar refractivity (Wildman–Crippen MR) is 82.0 cm³/mol. The fourth-order valence-electron chi connectivity index (χ4n) is 2.80. The monoisotopic (exact) mass is 290 g/mol. The Morgan fingerprint density at radius 2 is 1.95 bits per heavy atom. The molecule has 0 spiro atoms. The van der Waals surface area contributed by atoms with E-state index in [0.29, 0.717) is 17.3 Å². The van der Waals surface area contributed by atoms with Gasteiger partial charge >= 0.3 is 0 Å². The molecule has 0 saturated carbocycles. The van der Waals surface area contributed by atoms with Gasteiger partial charge in [0, 0.05) is 11.9 Å². The van der Waals surface area contributed by atoms with Crippen LogP contribution in [-0.4, -0.2) is 34.6 Å². The zero-order valence-corrected chi connectivity index (χ0v) is 12.2. The van der Waals surface area contributed by atoms with Crippen LogP contribution in [-0.2, 0) is 0 Å². The lowest BCUT2D eigenvalue weighted by molar-refractivity contribution is 0.0987. The number of likely N-dealkylation sites (tertiary alicyclic amines) is 1. The Morgan fingerprint density at radius 3 is 2.75 bits per heavy atom. The van der Waals surface area contributed by atoms with Crippen LogP contribution in [0.15, 0.2) is 30.3 Å². The Labute approximate surface area is 124 Å². The number of hydrogen-bond acceptors (Lipinski definition) is 3. The van der Waals surface area contributed by atoms with Gasteiger partial charge in [-0.2, -0.15) is 0 Å². The van der Waals surface area contributed by atoms with E-state index in [1.807, 2.05) is 24.3 Å². The zero-order valence-electron chi connectivity index (χ0n) is 11.4. The van der Waals surface area contributed by atoms with Crippen LogP contribution in [0.1, 0.15) is 31.1 Å². The first-order chi connectivity index (χ1) is 9.74. The van der Waals surface area contributed by atoms with Gasteiger partial charge in [-0.25, -0.2) is 4.98 Å². The topological polar surface area (TPSA) is 36.4 Å². The van der Waals surface area contributed by atoms with E-state index in [4.69, 9.17) is 11.6 Å². The summed E-state index contributed by atoms with van der Waals surface area (Å²) in [6.07, 6.45) is 3.17. The van der Waals surface area contributed by atoms with E-state index in [9.17, 15) is 5.11 Å². The van der Waals surface area contributed by atoms with Crippen molar-refractivity contribution < 1.29 is 5.11 Å². The number of β-amino-alcohol motifs (C(OH)–C–C–N with tert-alkyl or cyclic N) is 1. The number of aromatic nitrogens is 1. The number of aliphatic hydroxyl groups is 1. The molecular weight excluding hydrogens is 272 g/mol. The minimum absolute atomic E-state index is 0.574. The predicted octanol–water partition coefficient (Wildman–Crippen LogP) is 3.41. The molecule has 1 unspecified atom stereocenters. The molecule has 1 aliphatic heterocycles. The molecule has 4 heteroatoms. The van der Waals surface area contributed by atoms with E-state index < -0.39 is 6.10 Å². The first kappa shape index (κ1) is 13.8. The van der Waals surface area contributed by atoms with Crippen LogP contribution in [0, 0.1) is 0 Å². The van der Waals surface area contributed by atoms with Crippen molar-refractivity contribution in [3.05, 3.63) is 41.0 Å². The molecule has 0 bridgehead atoms. The van der Waals surface area contributed by atoms with Crippen LogP contribution < -0.4 is 0 Å². The first-order valence-corrected chi connectivity index (χ1v) is 7.57. The second-order valence-electron chi connectivity index (χ2n) is 5.42. The summed E-state index contributed by atoms with van der Waals surface area (Å²) in [5.74, 6) is 0. The van der Waals surface area contributed by atoms with Gasteiger partial charge in [0.1, 0.15) is 6.10 Å². The lowest BCUT2D eigenvalue weighted by Gasteiger charge is -2.28. The minimum Gasteiger partial charge on any atom is -0.385 e. The first-order valence-electron chi connectivity index (χ1n) is 7.19. The van der Waals surface area contributed by atoms with E-state index in [2.05, 4.69) is 9.88 Å². The van der Waals surface area contributed by atoms with Crippen LogP contribution in [0.2, 0.25) is 5.02 Å². The highest BCUT2D eigenvalue weighted by Crippen LogP contribution is 2.26. The molecule has 1 aromatic carbocycles. The van der Waals surface area contributed by atoms with Crippen LogP contribution in [0.5, 0.6) is 0 Å². The van der Waals surface area contributed by atoms with Crippen molar-refractivity contribution in [3.63, 3.8) is 0 Å². The standard InChI is InChI=1S/C16H19ClN2O/c17-13-10-15(18-14-7-3-2-6-12(13)14)16(20)11-19-8-4-1-5-9-19/h2-3,6-7,10,16,20H,1,4-5,8-9,11H2. The zero-order chi connectivity index (χ0) is 13.9. The summed E-state index contributed by atoms with van der Waals surface area (Å²) in [5.41, 5.74) is 1.51. The van der Waals surface area contributed by atoms with E-state index in [-0.39, 0.29) is 0 Å². The average molecular weight is 291 g/mol. The van der Waals surface area contributed by atoms with Crippen molar-refractivity contribution in [2.75, 3.05) is 19.6 Å². The molecule has 0 aliphatic carbocycles. The summed E-state index contributed by atoms with van der Waals surface area (Å²) in [4.78, 5) is 6.84. The van der Waals surface area contributed by atoms with E-state index >= 15 is 0 Å². The van der Waals surface area contributed by atoms with Crippen LogP contribution in [0.3, 0.4) is 0 Å². The molecule has 1 aromatic heterocycles. The van der Waals surface area contributed by atoms with E-state index in [1.54, 1.807) is 6.07 Å². The highest BCUT2D eigenvalue weighted by molar-refractivity contribution is 6.35. The van der Waals surface area contributed by atoms with Gasteiger partial charge < -0.3 is 10.0 Å². The molecule has 2 heterocycles. The molecule has 3 nitrogen and oxygen atoms in total. The molecule has 106 valence electrons.